The van der Waals surface area contributed by atoms with E-state index in [1.165, 1.54) is 18.2 Å². The number of amides is 2. The van der Waals surface area contributed by atoms with E-state index in [-0.39, 0.29) is 17.5 Å². The van der Waals surface area contributed by atoms with Gasteiger partial charge in [0.1, 0.15) is 12.4 Å². The van der Waals surface area contributed by atoms with Gasteiger partial charge in [-0.2, -0.15) is 0 Å². The summed E-state index contributed by atoms with van der Waals surface area (Å²) in [5.41, 5.74) is 0.101. The van der Waals surface area contributed by atoms with E-state index >= 15 is 0 Å². The number of nitrogens with one attached hydrogen (secondary N) is 2. The summed E-state index contributed by atoms with van der Waals surface area (Å²) < 4.78 is 17.7. The fourth-order valence-electron chi connectivity index (χ4n) is 1.84. The van der Waals surface area contributed by atoms with Gasteiger partial charge in [0.05, 0.1) is 0 Å². The molecule has 6 nitrogen and oxygen atoms in total. The van der Waals surface area contributed by atoms with Crippen LogP contribution in [0.1, 0.15) is 37.0 Å². The van der Waals surface area contributed by atoms with E-state index in [1.807, 2.05) is 13.8 Å². The Balaban J connectivity index is 2.31. The van der Waals surface area contributed by atoms with Crippen LogP contribution in [0.25, 0.3) is 0 Å². The molecule has 23 heavy (non-hydrogen) atoms. The first-order valence-electron chi connectivity index (χ1n) is 7.45. The SMILES string of the molecule is CCC(CC)NC(=O)COC(=O)CNC(=O)c1cccc(F)c1. The lowest BCUT2D eigenvalue weighted by Gasteiger charge is -2.14. The maximum absolute atomic E-state index is 13.0. The monoisotopic (exact) mass is 324 g/mol. The van der Waals surface area contributed by atoms with E-state index in [9.17, 15) is 18.8 Å². The maximum atomic E-state index is 13.0. The average Bonchev–Trinajstić information content (AvgIpc) is 2.55. The number of halogens is 1. The number of esters is 1. The minimum absolute atomic E-state index is 0.0499. The third-order valence-corrected chi connectivity index (χ3v) is 3.20. The van der Waals surface area contributed by atoms with Gasteiger partial charge in [0.25, 0.3) is 11.8 Å². The Hall–Kier alpha value is -2.44. The number of hydrogen-bond donors (Lipinski definition) is 2. The molecule has 0 radical (unpaired) electrons. The van der Waals surface area contributed by atoms with Gasteiger partial charge < -0.3 is 15.4 Å². The lowest BCUT2D eigenvalue weighted by Crippen LogP contribution is -2.38. The molecule has 0 aliphatic carbocycles. The first kappa shape index (κ1) is 18.6. The van der Waals surface area contributed by atoms with Crippen LogP contribution in [0.15, 0.2) is 24.3 Å². The number of hydrogen-bond acceptors (Lipinski definition) is 4. The van der Waals surface area contributed by atoms with Gasteiger partial charge in [0.15, 0.2) is 6.61 Å². The van der Waals surface area contributed by atoms with Crippen LogP contribution < -0.4 is 10.6 Å². The molecule has 0 aliphatic heterocycles. The standard InChI is InChI=1S/C16H21FN2O4/c1-3-13(4-2)19-14(20)10-23-15(21)9-18-16(22)11-6-5-7-12(17)8-11/h5-8,13H,3-4,9-10H2,1-2H3,(H,18,22)(H,19,20). The van der Waals surface area contributed by atoms with Crippen LogP contribution in [0.2, 0.25) is 0 Å². The summed E-state index contributed by atoms with van der Waals surface area (Å²) in [6, 6.07) is 5.14. The highest BCUT2D eigenvalue weighted by Gasteiger charge is 2.13. The molecule has 0 bridgehead atoms. The molecule has 2 amide bonds. The molecule has 1 rings (SSSR count). The highest BCUT2D eigenvalue weighted by molar-refractivity contribution is 5.96. The van der Waals surface area contributed by atoms with Gasteiger partial charge in [0, 0.05) is 11.6 Å². The van der Waals surface area contributed by atoms with Gasteiger partial charge in [-0.25, -0.2) is 4.39 Å². The number of rotatable bonds is 8. The average molecular weight is 324 g/mol. The largest absolute Gasteiger partial charge is 0.454 e. The zero-order valence-corrected chi connectivity index (χ0v) is 13.2. The number of carbonyl (C=O) groups is 3. The first-order valence-corrected chi connectivity index (χ1v) is 7.45. The lowest BCUT2D eigenvalue weighted by molar-refractivity contribution is -0.147. The normalized spacial score (nSPS) is 10.3. The summed E-state index contributed by atoms with van der Waals surface area (Å²) in [4.78, 5) is 34.7. The Labute approximate surface area is 134 Å². The van der Waals surface area contributed by atoms with E-state index in [0.29, 0.717) is 0 Å². The van der Waals surface area contributed by atoms with E-state index in [4.69, 9.17) is 4.74 Å². The summed E-state index contributed by atoms with van der Waals surface area (Å²) in [5, 5.41) is 5.02. The molecule has 0 unspecified atom stereocenters. The molecule has 0 atom stereocenters. The van der Waals surface area contributed by atoms with E-state index in [1.54, 1.807) is 0 Å². The second kappa shape index (κ2) is 9.55. The third-order valence-electron chi connectivity index (χ3n) is 3.20. The Morgan fingerprint density at radius 1 is 1.22 bits per heavy atom. The summed E-state index contributed by atoms with van der Waals surface area (Å²) >= 11 is 0. The van der Waals surface area contributed by atoms with Crippen LogP contribution in [-0.4, -0.2) is 37.0 Å². The van der Waals surface area contributed by atoms with Gasteiger partial charge in [0.2, 0.25) is 0 Å². The van der Waals surface area contributed by atoms with Crippen LogP contribution in [-0.2, 0) is 14.3 Å². The molecule has 0 fully saturated rings. The van der Waals surface area contributed by atoms with Crippen molar-refractivity contribution in [3.8, 4) is 0 Å². The molecular formula is C16H21FN2O4. The predicted molar refractivity (Wildman–Crippen MR) is 82.2 cm³/mol. The van der Waals surface area contributed by atoms with Crippen molar-refractivity contribution in [2.45, 2.75) is 32.7 Å². The molecule has 126 valence electrons. The minimum Gasteiger partial charge on any atom is -0.454 e. The molecule has 0 heterocycles. The van der Waals surface area contributed by atoms with Crippen molar-refractivity contribution in [2.24, 2.45) is 0 Å². The minimum atomic E-state index is -0.741. The smallest absolute Gasteiger partial charge is 0.325 e. The molecule has 1 aromatic carbocycles. The number of benzene rings is 1. The summed E-state index contributed by atoms with van der Waals surface area (Å²) in [5.74, 6) is -2.26. The van der Waals surface area contributed by atoms with Gasteiger partial charge >= 0.3 is 5.97 Å². The summed E-state index contributed by atoms with van der Waals surface area (Å²) in [6.07, 6.45) is 1.58. The van der Waals surface area contributed by atoms with Crippen molar-refractivity contribution >= 4 is 17.8 Å². The van der Waals surface area contributed by atoms with Crippen molar-refractivity contribution in [1.82, 2.24) is 10.6 Å². The summed E-state index contributed by atoms with van der Waals surface area (Å²) in [7, 11) is 0. The second-order valence-electron chi connectivity index (χ2n) is 4.93. The van der Waals surface area contributed by atoms with E-state index in [2.05, 4.69) is 10.6 Å². The van der Waals surface area contributed by atoms with Crippen molar-refractivity contribution in [2.75, 3.05) is 13.2 Å². The van der Waals surface area contributed by atoms with Gasteiger partial charge in [-0.05, 0) is 31.0 Å². The van der Waals surface area contributed by atoms with Crippen molar-refractivity contribution in [3.63, 3.8) is 0 Å². The number of carbonyl (C=O) groups excluding carboxylic acids is 3. The summed E-state index contributed by atoms with van der Waals surface area (Å²) in [6.45, 7) is 3.10. The fraction of sp³-hybridized carbons (Fsp3) is 0.438. The van der Waals surface area contributed by atoms with Crippen LogP contribution in [0.4, 0.5) is 4.39 Å². The molecular weight excluding hydrogens is 303 g/mol. The van der Waals surface area contributed by atoms with E-state index in [0.717, 1.165) is 18.9 Å². The van der Waals surface area contributed by atoms with Crippen LogP contribution >= 0.6 is 0 Å². The van der Waals surface area contributed by atoms with Crippen LogP contribution in [0.5, 0.6) is 0 Å². The zero-order chi connectivity index (χ0) is 17.2. The molecule has 0 aromatic heterocycles. The Morgan fingerprint density at radius 3 is 2.52 bits per heavy atom. The fourth-order valence-corrected chi connectivity index (χ4v) is 1.84. The zero-order valence-electron chi connectivity index (χ0n) is 13.2. The Kier molecular flexibility index (Phi) is 7.73. The van der Waals surface area contributed by atoms with Gasteiger partial charge in [-0.1, -0.05) is 19.9 Å². The van der Waals surface area contributed by atoms with Gasteiger partial charge in [-0.15, -0.1) is 0 Å². The molecule has 0 spiro atoms. The van der Waals surface area contributed by atoms with E-state index < -0.39 is 30.8 Å². The first-order chi connectivity index (χ1) is 11.0. The molecule has 2 N–H and O–H groups in total. The Morgan fingerprint density at radius 2 is 1.91 bits per heavy atom. The molecule has 7 heteroatoms. The van der Waals surface area contributed by atoms with Crippen LogP contribution in [0.3, 0.4) is 0 Å². The van der Waals surface area contributed by atoms with Crippen molar-refractivity contribution in [3.05, 3.63) is 35.6 Å². The highest BCUT2D eigenvalue weighted by Crippen LogP contribution is 2.02. The quantitative estimate of drug-likeness (QED) is 0.708. The maximum Gasteiger partial charge on any atom is 0.325 e. The lowest BCUT2D eigenvalue weighted by atomic mass is 10.2. The molecule has 1 aromatic rings. The predicted octanol–water partition coefficient (Wildman–Crippen LogP) is 1.40. The Bertz CT molecular complexity index is 559. The van der Waals surface area contributed by atoms with Crippen molar-refractivity contribution in [1.29, 1.82) is 0 Å². The molecule has 0 saturated carbocycles. The highest BCUT2D eigenvalue weighted by atomic mass is 19.1. The third kappa shape index (κ3) is 6.90. The number of ether oxygens (including phenoxy) is 1. The van der Waals surface area contributed by atoms with Crippen LogP contribution in [0, 0.1) is 5.82 Å². The second-order valence-corrected chi connectivity index (χ2v) is 4.93. The molecule has 0 aliphatic rings. The topological polar surface area (TPSA) is 84.5 Å². The molecule has 0 saturated heterocycles. The van der Waals surface area contributed by atoms with Crippen molar-refractivity contribution < 1.29 is 23.5 Å². The van der Waals surface area contributed by atoms with Gasteiger partial charge in [-0.3, -0.25) is 14.4 Å².